The van der Waals surface area contributed by atoms with Crippen LogP contribution < -0.4 is 14.8 Å². The van der Waals surface area contributed by atoms with E-state index in [1.165, 1.54) is 26.4 Å². The zero-order valence-corrected chi connectivity index (χ0v) is 13.8. The summed E-state index contributed by atoms with van der Waals surface area (Å²) in [6.07, 6.45) is 0.797. The van der Waals surface area contributed by atoms with Gasteiger partial charge in [0.1, 0.15) is 0 Å². The Bertz CT molecular complexity index is 547. The Morgan fingerprint density at radius 3 is 2.50 bits per heavy atom. The van der Waals surface area contributed by atoms with Crippen molar-refractivity contribution in [2.45, 2.75) is 26.3 Å². The highest BCUT2D eigenvalue weighted by Gasteiger charge is 2.17. The standard InChI is InChI=1S/C15H20ClNO5/c1-5-9(2)17-13(18)8-22-15(19)10-6-11(16)14(21-4)12(7-10)20-3/h6-7,9H,5,8H2,1-4H3,(H,17,18)/t9-/m1/s1. The Balaban J connectivity index is 2.74. The predicted molar refractivity (Wildman–Crippen MR) is 82.7 cm³/mol. The third-order valence-corrected chi connectivity index (χ3v) is 3.30. The topological polar surface area (TPSA) is 73.9 Å². The van der Waals surface area contributed by atoms with Crippen LogP contribution in [0.25, 0.3) is 0 Å². The van der Waals surface area contributed by atoms with E-state index < -0.39 is 5.97 Å². The van der Waals surface area contributed by atoms with Crippen molar-refractivity contribution in [3.63, 3.8) is 0 Å². The molecule has 0 saturated carbocycles. The molecule has 0 spiro atoms. The van der Waals surface area contributed by atoms with Gasteiger partial charge in [-0.05, 0) is 25.5 Å². The van der Waals surface area contributed by atoms with Crippen molar-refractivity contribution in [1.29, 1.82) is 0 Å². The fraction of sp³-hybridized carbons (Fsp3) is 0.467. The summed E-state index contributed by atoms with van der Waals surface area (Å²) in [5.74, 6) is -0.377. The lowest BCUT2D eigenvalue weighted by atomic mass is 10.2. The molecular formula is C15H20ClNO5. The molecule has 1 aromatic carbocycles. The molecule has 1 N–H and O–H groups in total. The predicted octanol–water partition coefficient (Wildman–Crippen LogP) is 2.43. The maximum absolute atomic E-state index is 12.0. The number of esters is 1. The minimum Gasteiger partial charge on any atom is -0.493 e. The molecule has 7 heteroatoms. The van der Waals surface area contributed by atoms with Crippen molar-refractivity contribution in [2.24, 2.45) is 0 Å². The van der Waals surface area contributed by atoms with Crippen LogP contribution in [0.3, 0.4) is 0 Å². The molecule has 0 aromatic heterocycles. The van der Waals surface area contributed by atoms with Crippen LogP contribution in [0.2, 0.25) is 5.02 Å². The smallest absolute Gasteiger partial charge is 0.338 e. The second-order valence-corrected chi connectivity index (χ2v) is 5.05. The van der Waals surface area contributed by atoms with Crippen LogP contribution in [-0.4, -0.2) is 38.7 Å². The average Bonchev–Trinajstić information content (AvgIpc) is 2.51. The first-order chi connectivity index (χ1) is 10.4. The molecule has 0 aliphatic carbocycles. The maximum Gasteiger partial charge on any atom is 0.338 e. The molecule has 0 unspecified atom stereocenters. The molecule has 1 atom stereocenters. The molecule has 0 aliphatic heterocycles. The molecule has 0 saturated heterocycles. The van der Waals surface area contributed by atoms with Crippen molar-refractivity contribution in [3.05, 3.63) is 22.7 Å². The first kappa shape index (κ1) is 18.1. The number of halogens is 1. The molecule has 122 valence electrons. The number of carbonyl (C=O) groups excluding carboxylic acids is 2. The van der Waals surface area contributed by atoms with Gasteiger partial charge in [0, 0.05) is 6.04 Å². The fourth-order valence-corrected chi connectivity index (χ4v) is 1.96. The van der Waals surface area contributed by atoms with Gasteiger partial charge >= 0.3 is 5.97 Å². The van der Waals surface area contributed by atoms with E-state index in [0.29, 0.717) is 11.5 Å². The average molecular weight is 330 g/mol. The lowest BCUT2D eigenvalue weighted by molar-refractivity contribution is -0.124. The van der Waals surface area contributed by atoms with Crippen molar-refractivity contribution in [3.8, 4) is 11.5 Å². The summed E-state index contributed by atoms with van der Waals surface area (Å²) in [6, 6.07) is 2.87. The van der Waals surface area contributed by atoms with E-state index in [4.69, 9.17) is 25.8 Å². The molecule has 1 rings (SSSR count). The number of hydrogen-bond acceptors (Lipinski definition) is 5. The molecule has 0 bridgehead atoms. The minimum absolute atomic E-state index is 0.0294. The summed E-state index contributed by atoms with van der Waals surface area (Å²) in [7, 11) is 2.88. The number of rotatable bonds is 7. The summed E-state index contributed by atoms with van der Waals surface area (Å²) in [5, 5.41) is 2.92. The quantitative estimate of drug-likeness (QED) is 0.778. The van der Waals surface area contributed by atoms with Crippen LogP contribution in [0.4, 0.5) is 0 Å². The van der Waals surface area contributed by atoms with Crippen molar-refractivity contribution in [1.82, 2.24) is 5.32 Å². The van der Waals surface area contributed by atoms with Gasteiger partial charge in [-0.25, -0.2) is 4.79 Å². The largest absolute Gasteiger partial charge is 0.493 e. The maximum atomic E-state index is 12.0. The van der Waals surface area contributed by atoms with Gasteiger partial charge in [0.25, 0.3) is 5.91 Å². The Kier molecular flexibility index (Phi) is 6.98. The highest BCUT2D eigenvalue weighted by molar-refractivity contribution is 6.32. The van der Waals surface area contributed by atoms with Crippen LogP contribution in [0.15, 0.2) is 12.1 Å². The Morgan fingerprint density at radius 2 is 1.95 bits per heavy atom. The summed E-state index contributed by atoms with van der Waals surface area (Å²) in [6.45, 7) is 3.46. The molecule has 0 heterocycles. The van der Waals surface area contributed by atoms with Gasteiger partial charge in [-0.1, -0.05) is 18.5 Å². The summed E-state index contributed by atoms with van der Waals surface area (Å²) in [5.41, 5.74) is 0.180. The van der Waals surface area contributed by atoms with E-state index >= 15 is 0 Å². The zero-order chi connectivity index (χ0) is 16.7. The molecule has 22 heavy (non-hydrogen) atoms. The zero-order valence-electron chi connectivity index (χ0n) is 13.1. The number of amides is 1. The Labute approximate surface area is 134 Å². The van der Waals surface area contributed by atoms with Gasteiger partial charge in [-0.3, -0.25) is 4.79 Å². The number of nitrogens with one attached hydrogen (secondary N) is 1. The SMILES string of the molecule is CC[C@@H](C)NC(=O)COC(=O)c1cc(Cl)c(OC)c(OC)c1. The fourth-order valence-electron chi connectivity index (χ4n) is 1.67. The van der Waals surface area contributed by atoms with E-state index in [0.717, 1.165) is 6.42 Å². The molecule has 0 radical (unpaired) electrons. The van der Waals surface area contributed by atoms with Gasteiger partial charge in [-0.2, -0.15) is 0 Å². The van der Waals surface area contributed by atoms with Crippen LogP contribution in [0.5, 0.6) is 11.5 Å². The lowest BCUT2D eigenvalue weighted by Crippen LogP contribution is -2.35. The molecule has 6 nitrogen and oxygen atoms in total. The Hall–Kier alpha value is -1.95. The second kappa shape index (κ2) is 8.48. The number of carbonyl (C=O) groups is 2. The van der Waals surface area contributed by atoms with Gasteiger partial charge in [0.2, 0.25) is 0 Å². The van der Waals surface area contributed by atoms with Gasteiger partial charge < -0.3 is 19.5 Å². The van der Waals surface area contributed by atoms with Crippen molar-refractivity contribution < 1.29 is 23.8 Å². The normalized spacial score (nSPS) is 11.5. The summed E-state index contributed by atoms with van der Waals surface area (Å²) in [4.78, 5) is 23.5. The first-order valence-corrected chi connectivity index (χ1v) is 7.18. The van der Waals surface area contributed by atoms with E-state index in [9.17, 15) is 9.59 Å². The summed E-state index contributed by atoms with van der Waals surface area (Å²) >= 11 is 6.02. The van der Waals surface area contributed by atoms with Crippen LogP contribution >= 0.6 is 11.6 Å². The molecular weight excluding hydrogens is 310 g/mol. The number of hydrogen-bond donors (Lipinski definition) is 1. The van der Waals surface area contributed by atoms with Crippen molar-refractivity contribution >= 4 is 23.5 Å². The van der Waals surface area contributed by atoms with Crippen LogP contribution in [0, 0.1) is 0 Å². The Morgan fingerprint density at radius 1 is 1.27 bits per heavy atom. The van der Waals surface area contributed by atoms with Gasteiger partial charge in [0.15, 0.2) is 18.1 Å². The lowest BCUT2D eigenvalue weighted by Gasteiger charge is -2.13. The van der Waals surface area contributed by atoms with E-state index in [1.54, 1.807) is 0 Å². The van der Waals surface area contributed by atoms with Crippen LogP contribution in [0.1, 0.15) is 30.6 Å². The molecule has 0 aliphatic rings. The number of methoxy groups -OCH3 is 2. The van der Waals surface area contributed by atoms with E-state index in [2.05, 4.69) is 5.32 Å². The highest BCUT2D eigenvalue weighted by Crippen LogP contribution is 2.36. The number of ether oxygens (including phenoxy) is 3. The van der Waals surface area contributed by atoms with E-state index in [-0.39, 0.29) is 29.1 Å². The summed E-state index contributed by atoms with van der Waals surface area (Å²) < 4.78 is 15.1. The van der Waals surface area contributed by atoms with Gasteiger partial charge in [0.05, 0.1) is 24.8 Å². The second-order valence-electron chi connectivity index (χ2n) is 4.65. The van der Waals surface area contributed by atoms with Crippen molar-refractivity contribution in [2.75, 3.05) is 20.8 Å². The highest BCUT2D eigenvalue weighted by atomic mass is 35.5. The van der Waals surface area contributed by atoms with Gasteiger partial charge in [-0.15, -0.1) is 0 Å². The van der Waals surface area contributed by atoms with Crippen LogP contribution in [-0.2, 0) is 9.53 Å². The third-order valence-electron chi connectivity index (χ3n) is 3.02. The minimum atomic E-state index is -0.665. The molecule has 1 amide bonds. The molecule has 0 fully saturated rings. The molecule has 1 aromatic rings. The van der Waals surface area contributed by atoms with E-state index in [1.807, 2.05) is 13.8 Å². The monoisotopic (exact) mass is 329 g/mol. The third kappa shape index (κ3) is 4.80. The number of benzene rings is 1. The first-order valence-electron chi connectivity index (χ1n) is 6.80.